The summed E-state index contributed by atoms with van der Waals surface area (Å²) in [6, 6.07) is 60.8. The van der Waals surface area contributed by atoms with E-state index in [2.05, 4.69) is 164 Å². The molecule has 50 heavy (non-hydrogen) atoms. The van der Waals surface area contributed by atoms with Crippen LogP contribution in [-0.2, 0) is 0 Å². The highest BCUT2D eigenvalue weighted by Crippen LogP contribution is 2.38. The minimum atomic E-state index is 0.719. The molecular formula is C46H28N2S2. The molecule has 0 amide bonds. The van der Waals surface area contributed by atoms with E-state index in [4.69, 9.17) is 9.97 Å². The predicted octanol–water partition coefficient (Wildman–Crippen LogP) is 13.5. The van der Waals surface area contributed by atoms with Crippen LogP contribution in [0.25, 0.3) is 96.5 Å². The van der Waals surface area contributed by atoms with E-state index in [1.54, 1.807) is 0 Å². The third-order valence-corrected chi connectivity index (χ3v) is 11.8. The highest BCUT2D eigenvalue weighted by atomic mass is 32.1. The van der Waals surface area contributed by atoms with Crippen molar-refractivity contribution in [2.75, 3.05) is 0 Å². The van der Waals surface area contributed by atoms with Gasteiger partial charge in [0.15, 0.2) is 5.82 Å². The lowest BCUT2D eigenvalue weighted by molar-refractivity contribution is 1.18. The average Bonchev–Trinajstić information content (AvgIpc) is 3.76. The van der Waals surface area contributed by atoms with Gasteiger partial charge in [-0.15, -0.1) is 22.7 Å². The molecule has 3 heterocycles. The predicted molar refractivity (Wildman–Crippen MR) is 215 cm³/mol. The third kappa shape index (κ3) is 5.09. The standard InChI is InChI=1S/C46H28N2S2/c1-2-8-32(9-3-1)40-28-41(35-23-25-39-37-11-5-7-13-43(37)50-45(39)27-35)48-46(47-40)33-20-18-30(19-21-33)29-14-16-31(17-15-29)34-22-24-38-36-10-4-6-12-42(36)49-44(38)26-34/h1-28H. The van der Waals surface area contributed by atoms with Crippen LogP contribution in [-0.4, -0.2) is 9.97 Å². The summed E-state index contributed by atoms with van der Waals surface area (Å²) in [4.78, 5) is 10.2. The molecular weight excluding hydrogens is 645 g/mol. The first-order valence-corrected chi connectivity index (χ1v) is 18.4. The number of hydrogen-bond donors (Lipinski definition) is 0. The Morgan fingerprint density at radius 3 is 1.30 bits per heavy atom. The molecule has 0 N–H and O–H groups in total. The van der Waals surface area contributed by atoms with Crippen LogP contribution >= 0.6 is 22.7 Å². The molecule has 0 aliphatic rings. The smallest absolute Gasteiger partial charge is 0.160 e. The first-order chi connectivity index (χ1) is 24.7. The van der Waals surface area contributed by atoms with Gasteiger partial charge in [0, 0.05) is 57.0 Å². The summed E-state index contributed by atoms with van der Waals surface area (Å²) < 4.78 is 5.23. The Morgan fingerprint density at radius 1 is 0.280 bits per heavy atom. The molecule has 0 radical (unpaired) electrons. The molecule has 10 rings (SSSR count). The zero-order valence-electron chi connectivity index (χ0n) is 26.9. The Morgan fingerprint density at radius 2 is 0.700 bits per heavy atom. The van der Waals surface area contributed by atoms with E-state index in [0.29, 0.717) is 0 Å². The zero-order valence-corrected chi connectivity index (χ0v) is 28.5. The van der Waals surface area contributed by atoms with Gasteiger partial charge in [-0.05, 0) is 52.6 Å². The lowest BCUT2D eigenvalue weighted by Gasteiger charge is -2.10. The number of fused-ring (bicyclic) bond motifs is 6. The molecule has 0 aliphatic heterocycles. The van der Waals surface area contributed by atoms with E-state index in [0.717, 1.165) is 39.5 Å². The van der Waals surface area contributed by atoms with Crippen LogP contribution in [0.15, 0.2) is 170 Å². The molecule has 0 spiro atoms. The van der Waals surface area contributed by atoms with Gasteiger partial charge in [0.25, 0.3) is 0 Å². The number of rotatable bonds is 5. The fourth-order valence-corrected chi connectivity index (χ4v) is 9.23. The number of thiophene rings is 2. The summed E-state index contributed by atoms with van der Waals surface area (Å²) in [6.45, 7) is 0. The van der Waals surface area contributed by atoms with Gasteiger partial charge in [-0.2, -0.15) is 0 Å². The molecule has 2 nitrogen and oxygen atoms in total. The van der Waals surface area contributed by atoms with Crippen molar-refractivity contribution >= 4 is 63.0 Å². The Bertz CT molecular complexity index is 2850. The van der Waals surface area contributed by atoms with Crippen molar-refractivity contribution < 1.29 is 0 Å². The number of benzene rings is 7. The monoisotopic (exact) mass is 672 g/mol. The SMILES string of the molecule is c1ccc(-c2cc(-c3ccc4c(c3)sc3ccccc34)nc(-c3ccc(-c4ccc(-c5ccc6c(c5)sc5ccccc56)cc4)cc3)n2)cc1. The van der Waals surface area contributed by atoms with Gasteiger partial charge in [-0.3, -0.25) is 0 Å². The van der Waals surface area contributed by atoms with Crippen LogP contribution < -0.4 is 0 Å². The van der Waals surface area contributed by atoms with Gasteiger partial charge in [0.1, 0.15) is 0 Å². The van der Waals surface area contributed by atoms with Gasteiger partial charge in [-0.1, -0.05) is 140 Å². The minimum absolute atomic E-state index is 0.719. The van der Waals surface area contributed by atoms with Crippen LogP contribution in [0.1, 0.15) is 0 Å². The largest absolute Gasteiger partial charge is 0.228 e. The molecule has 0 atom stereocenters. The Hall–Kier alpha value is -5.94. The molecule has 0 aliphatic carbocycles. The van der Waals surface area contributed by atoms with E-state index < -0.39 is 0 Å². The van der Waals surface area contributed by atoms with Crippen LogP contribution in [0.3, 0.4) is 0 Å². The first kappa shape index (κ1) is 29.0. The Kier molecular flexibility index (Phi) is 6.90. The summed E-state index contributed by atoms with van der Waals surface area (Å²) in [5.41, 5.74) is 9.79. The van der Waals surface area contributed by atoms with Gasteiger partial charge in [0.05, 0.1) is 11.4 Å². The lowest BCUT2D eigenvalue weighted by atomic mass is 9.99. The van der Waals surface area contributed by atoms with E-state index in [-0.39, 0.29) is 0 Å². The molecule has 7 aromatic carbocycles. The molecule has 0 unspecified atom stereocenters. The van der Waals surface area contributed by atoms with E-state index in [9.17, 15) is 0 Å². The van der Waals surface area contributed by atoms with Crippen molar-refractivity contribution in [1.82, 2.24) is 9.97 Å². The Labute approximate surface area is 297 Å². The van der Waals surface area contributed by atoms with Gasteiger partial charge >= 0.3 is 0 Å². The van der Waals surface area contributed by atoms with Crippen molar-refractivity contribution in [2.24, 2.45) is 0 Å². The fourth-order valence-electron chi connectivity index (χ4n) is 6.94. The molecule has 0 bridgehead atoms. The highest BCUT2D eigenvalue weighted by Gasteiger charge is 2.13. The van der Waals surface area contributed by atoms with Gasteiger partial charge < -0.3 is 0 Å². The summed E-state index contributed by atoms with van der Waals surface area (Å²) in [5, 5.41) is 5.25. The molecule has 3 aromatic heterocycles. The second kappa shape index (κ2) is 11.9. The molecule has 0 fully saturated rings. The third-order valence-electron chi connectivity index (χ3n) is 9.54. The van der Waals surface area contributed by atoms with Crippen LogP contribution in [0, 0.1) is 0 Å². The topological polar surface area (TPSA) is 25.8 Å². The van der Waals surface area contributed by atoms with Crippen molar-refractivity contribution in [3.05, 3.63) is 170 Å². The molecule has 4 heteroatoms. The maximum Gasteiger partial charge on any atom is 0.160 e. The number of aromatic nitrogens is 2. The first-order valence-electron chi connectivity index (χ1n) is 16.7. The van der Waals surface area contributed by atoms with Crippen molar-refractivity contribution in [3.8, 4) is 56.2 Å². The van der Waals surface area contributed by atoms with Gasteiger partial charge in [-0.25, -0.2) is 9.97 Å². The van der Waals surface area contributed by atoms with E-state index >= 15 is 0 Å². The summed E-state index contributed by atoms with van der Waals surface area (Å²) in [5.74, 6) is 0.719. The summed E-state index contributed by atoms with van der Waals surface area (Å²) >= 11 is 3.69. The fraction of sp³-hybridized carbons (Fsp3) is 0. The van der Waals surface area contributed by atoms with Crippen LogP contribution in [0.4, 0.5) is 0 Å². The maximum atomic E-state index is 5.14. The molecule has 10 aromatic rings. The highest BCUT2D eigenvalue weighted by molar-refractivity contribution is 7.26. The summed E-state index contributed by atoms with van der Waals surface area (Å²) in [6.07, 6.45) is 0. The summed E-state index contributed by atoms with van der Waals surface area (Å²) in [7, 11) is 0. The van der Waals surface area contributed by atoms with Crippen molar-refractivity contribution in [2.45, 2.75) is 0 Å². The maximum absolute atomic E-state index is 5.14. The second-order valence-corrected chi connectivity index (χ2v) is 14.8. The molecule has 234 valence electrons. The van der Waals surface area contributed by atoms with Gasteiger partial charge in [0.2, 0.25) is 0 Å². The second-order valence-electron chi connectivity index (χ2n) is 12.6. The zero-order chi connectivity index (χ0) is 33.0. The van der Waals surface area contributed by atoms with Crippen molar-refractivity contribution in [1.29, 1.82) is 0 Å². The number of hydrogen-bond acceptors (Lipinski definition) is 4. The number of nitrogens with zero attached hydrogens (tertiary/aromatic N) is 2. The lowest BCUT2D eigenvalue weighted by Crippen LogP contribution is -1.96. The molecule has 0 saturated heterocycles. The van der Waals surface area contributed by atoms with E-state index in [1.165, 1.54) is 57.0 Å². The average molecular weight is 673 g/mol. The Balaban J connectivity index is 0.981. The van der Waals surface area contributed by atoms with Crippen molar-refractivity contribution in [3.63, 3.8) is 0 Å². The van der Waals surface area contributed by atoms with E-state index in [1.807, 2.05) is 28.7 Å². The normalized spacial score (nSPS) is 11.6. The van der Waals surface area contributed by atoms with Crippen LogP contribution in [0.2, 0.25) is 0 Å². The minimum Gasteiger partial charge on any atom is -0.228 e. The molecule has 0 saturated carbocycles. The van der Waals surface area contributed by atoms with Crippen LogP contribution in [0.5, 0.6) is 0 Å². The quantitative estimate of drug-likeness (QED) is 0.182.